The summed E-state index contributed by atoms with van der Waals surface area (Å²) in [5.74, 6) is 0.320. The highest BCUT2D eigenvalue weighted by molar-refractivity contribution is 9.10. The zero-order valence-electron chi connectivity index (χ0n) is 14.0. The number of nitriles is 1. The average molecular weight is 407 g/mol. The van der Waals surface area contributed by atoms with E-state index in [1.165, 1.54) is 0 Å². The van der Waals surface area contributed by atoms with Crippen molar-refractivity contribution in [2.45, 2.75) is 12.8 Å². The predicted octanol–water partition coefficient (Wildman–Crippen LogP) is 4.16. The van der Waals surface area contributed by atoms with Crippen molar-refractivity contribution in [3.63, 3.8) is 0 Å². The lowest BCUT2D eigenvalue weighted by Crippen LogP contribution is -2.22. The monoisotopic (exact) mass is 406 g/mol. The normalized spacial score (nSPS) is 16.0. The second-order valence-corrected chi connectivity index (χ2v) is 6.85. The summed E-state index contributed by atoms with van der Waals surface area (Å²) < 4.78 is 8.49. The molecule has 0 saturated heterocycles. The van der Waals surface area contributed by atoms with Crippen LogP contribution >= 0.6 is 15.9 Å². The molecule has 0 spiro atoms. The molecule has 0 bridgehead atoms. The van der Waals surface area contributed by atoms with Crippen LogP contribution in [0, 0.1) is 18.3 Å². The Morgan fingerprint density at radius 1 is 1.15 bits per heavy atom. The van der Waals surface area contributed by atoms with E-state index in [1.54, 1.807) is 4.68 Å². The molecule has 128 valence electrons. The van der Waals surface area contributed by atoms with Gasteiger partial charge in [0.1, 0.15) is 11.6 Å². The summed E-state index contributed by atoms with van der Waals surface area (Å²) in [5, 5.41) is 14.4. The Labute approximate surface area is 159 Å². The maximum atomic E-state index is 9.71. The molecule has 0 radical (unpaired) electrons. The third-order valence-corrected chi connectivity index (χ3v) is 5.17. The highest BCUT2D eigenvalue weighted by Gasteiger charge is 2.36. The molecule has 1 atom stereocenters. The van der Waals surface area contributed by atoms with Crippen LogP contribution in [-0.4, -0.2) is 9.78 Å². The van der Waals surface area contributed by atoms with Gasteiger partial charge in [-0.05, 0) is 30.7 Å². The zero-order valence-corrected chi connectivity index (χ0v) is 15.6. The molecule has 2 heterocycles. The molecule has 5 nitrogen and oxygen atoms in total. The molecule has 26 heavy (non-hydrogen) atoms. The number of hydrogen-bond donors (Lipinski definition) is 1. The fraction of sp³-hybridized carbons (Fsp3) is 0.100. The molecule has 1 aromatic heterocycles. The van der Waals surface area contributed by atoms with E-state index in [9.17, 15) is 5.26 Å². The van der Waals surface area contributed by atoms with Crippen LogP contribution in [0.2, 0.25) is 0 Å². The van der Waals surface area contributed by atoms with Gasteiger partial charge in [0.15, 0.2) is 0 Å². The predicted molar refractivity (Wildman–Crippen MR) is 102 cm³/mol. The summed E-state index contributed by atoms with van der Waals surface area (Å²) in [7, 11) is 0. The van der Waals surface area contributed by atoms with E-state index >= 15 is 0 Å². The lowest BCUT2D eigenvalue weighted by atomic mass is 9.84. The summed E-state index contributed by atoms with van der Waals surface area (Å²) in [4.78, 5) is 0. The van der Waals surface area contributed by atoms with Gasteiger partial charge in [-0.25, -0.2) is 4.68 Å². The highest BCUT2D eigenvalue weighted by Crippen LogP contribution is 2.46. The third-order valence-electron chi connectivity index (χ3n) is 4.45. The average Bonchev–Trinajstić information content (AvgIpc) is 2.98. The van der Waals surface area contributed by atoms with Gasteiger partial charge >= 0.3 is 0 Å². The van der Waals surface area contributed by atoms with Gasteiger partial charge in [-0.1, -0.05) is 52.3 Å². The molecule has 1 aliphatic heterocycles. The van der Waals surface area contributed by atoms with Crippen molar-refractivity contribution in [2.75, 3.05) is 0 Å². The number of fused-ring (bicyclic) bond motifs is 1. The minimum absolute atomic E-state index is 0.109. The molecule has 4 rings (SSSR count). The molecule has 6 heteroatoms. The number of hydrogen-bond acceptors (Lipinski definition) is 4. The van der Waals surface area contributed by atoms with Crippen LogP contribution in [0.5, 0.6) is 5.88 Å². The molecule has 0 unspecified atom stereocenters. The maximum Gasteiger partial charge on any atom is 0.229 e. The number of nitrogens with two attached hydrogens (primary N) is 1. The van der Waals surface area contributed by atoms with Crippen LogP contribution in [0.4, 0.5) is 0 Å². The topological polar surface area (TPSA) is 76.9 Å². The van der Waals surface area contributed by atoms with E-state index in [4.69, 9.17) is 10.5 Å². The molecular formula is C20H15BrN4O. The summed E-state index contributed by atoms with van der Waals surface area (Å²) >= 11 is 3.60. The molecule has 3 aromatic rings. The van der Waals surface area contributed by atoms with Gasteiger partial charge < -0.3 is 10.5 Å². The van der Waals surface area contributed by atoms with Crippen molar-refractivity contribution in [3.05, 3.63) is 87.3 Å². The van der Waals surface area contributed by atoms with Gasteiger partial charge in [0, 0.05) is 4.47 Å². The lowest BCUT2D eigenvalue weighted by molar-refractivity contribution is 0.367. The summed E-state index contributed by atoms with van der Waals surface area (Å²) in [6.07, 6.45) is 0. The molecular weight excluding hydrogens is 392 g/mol. The molecule has 0 fully saturated rings. The quantitative estimate of drug-likeness (QED) is 0.692. The first-order valence-electron chi connectivity index (χ1n) is 8.08. The fourth-order valence-electron chi connectivity index (χ4n) is 3.28. The smallest absolute Gasteiger partial charge is 0.229 e. The lowest BCUT2D eigenvalue weighted by Gasteiger charge is -2.25. The van der Waals surface area contributed by atoms with Gasteiger partial charge in [-0.3, -0.25) is 0 Å². The second kappa shape index (κ2) is 6.36. The number of nitrogens with zero attached hydrogens (tertiary/aromatic N) is 3. The Kier molecular flexibility index (Phi) is 4.02. The van der Waals surface area contributed by atoms with Crippen LogP contribution in [0.1, 0.15) is 22.7 Å². The molecule has 2 N–H and O–H groups in total. The van der Waals surface area contributed by atoms with Crippen LogP contribution in [0.3, 0.4) is 0 Å². The van der Waals surface area contributed by atoms with Crippen LogP contribution in [0.25, 0.3) is 5.69 Å². The van der Waals surface area contributed by atoms with Crippen LogP contribution in [0.15, 0.2) is 70.5 Å². The maximum absolute atomic E-state index is 9.71. The Hall–Kier alpha value is -3.04. The number of rotatable bonds is 2. The zero-order chi connectivity index (χ0) is 18.3. The van der Waals surface area contributed by atoms with Crippen molar-refractivity contribution < 1.29 is 4.74 Å². The molecule has 0 amide bonds. The molecule has 2 aromatic carbocycles. The number of para-hydroxylation sites is 1. The van der Waals surface area contributed by atoms with Crippen LogP contribution < -0.4 is 10.5 Å². The number of allylic oxidation sites excluding steroid dienone is 1. The van der Waals surface area contributed by atoms with Gasteiger partial charge in [-0.2, -0.15) is 10.4 Å². The number of ether oxygens (including phenoxy) is 1. The van der Waals surface area contributed by atoms with E-state index in [2.05, 4.69) is 27.1 Å². The van der Waals surface area contributed by atoms with Gasteiger partial charge in [0.2, 0.25) is 11.8 Å². The summed E-state index contributed by atoms with van der Waals surface area (Å²) in [5.41, 5.74) is 9.98. The third kappa shape index (κ3) is 2.49. The second-order valence-electron chi connectivity index (χ2n) is 6.00. The van der Waals surface area contributed by atoms with Crippen molar-refractivity contribution in [1.82, 2.24) is 9.78 Å². The van der Waals surface area contributed by atoms with Gasteiger partial charge in [-0.15, -0.1) is 0 Å². The minimum Gasteiger partial charge on any atom is -0.422 e. The van der Waals surface area contributed by atoms with E-state index < -0.39 is 0 Å². The number of aromatic nitrogens is 2. The van der Waals surface area contributed by atoms with Crippen LogP contribution in [-0.2, 0) is 0 Å². The first-order chi connectivity index (χ1) is 12.6. The van der Waals surface area contributed by atoms with E-state index in [0.29, 0.717) is 11.5 Å². The van der Waals surface area contributed by atoms with Crippen molar-refractivity contribution >= 4 is 15.9 Å². The Morgan fingerprint density at radius 3 is 2.54 bits per heavy atom. The SMILES string of the molecule is Cc1nn(-c2ccccc2)c2c1[C@H](c1ccccc1Br)C(C#N)=C(N)O2. The summed E-state index contributed by atoms with van der Waals surface area (Å²) in [6.45, 7) is 1.92. The number of benzene rings is 2. The highest BCUT2D eigenvalue weighted by atomic mass is 79.9. The van der Waals surface area contributed by atoms with Crippen molar-refractivity contribution in [3.8, 4) is 17.6 Å². The number of halogens is 1. The first-order valence-corrected chi connectivity index (χ1v) is 8.88. The van der Waals surface area contributed by atoms with Crippen molar-refractivity contribution in [2.24, 2.45) is 5.73 Å². The Morgan fingerprint density at radius 2 is 1.85 bits per heavy atom. The van der Waals surface area contributed by atoms with Gasteiger partial charge in [0.05, 0.1) is 22.9 Å². The molecule has 0 aliphatic carbocycles. The van der Waals surface area contributed by atoms with Crippen molar-refractivity contribution in [1.29, 1.82) is 5.26 Å². The standard InChI is InChI=1S/C20H15BrN4O/c1-12-17-18(14-9-5-6-10-16(14)21)15(11-22)19(23)26-20(17)25(24-12)13-7-3-2-4-8-13/h2-10,18H,23H2,1H3/t18-/m1/s1. The Bertz CT molecular complexity index is 1060. The van der Waals surface area contributed by atoms with E-state index in [1.807, 2.05) is 61.5 Å². The molecule has 0 saturated carbocycles. The molecule has 1 aliphatic rings. The van der Waals surface area contributed by atoms with Gasteiger partial charge in [0.25, 0.3) is 0 Å². The number of aryl methyl sites for hydroxylation is 1. The van der Waals surface area contributed by atoms with E-state index in [0.717, 1.165) is 27.0 Å². The minimum atomic E-state index is -0.336. The fourth-order valence-corrected chi connectivity index (χ4v) is 3.79. The van der Waals surface area contributed by atoms with E-state index in [-0.39, 0.29) is 11.8 Å². The Balaban J connectivity index is 1.99. The summed E-state index contributed by atoms with van der Waals surface area (Å²) in [6, 6.07) is 19.7. The first kappa shape index (κ1) is 16.4. The largest absolute Gasteiger partial charge is 0.422 e.